The van der Waals surface area contributed by atoms with Crippen LogP contribution in [0.2, 0.25) is 0 Å². The van der Waals surface area contributed by atoms with Crippen LogP contribution in [0.25, 0.3) is 0 Å². The molecule has 0 aliphatic heterocycles. The van der Waals surface area contributed by atoms with Crippen molar-refractivity contribution in [1.82, 2.24) is 10.6 Å². The van der Waals surface area contributed by atoms with Gasteiger partial charge in [0.05, 0.1) is 6.04 Å². The third kappa shape index (κ3) is 5.10. The topological polar surface area (TPSA) is 41.1 Å². The Labute approximate surface area is 114 Å². The van der Waals surface area contributed by atoms with Crippen molar-refractivity contribution in [2.75, 3.05) is 25.6 Å². The Morgan fingerprint density at radius 3 is 2.56 bits per heavy atom. The maximum absolute atomic E-state index is 11.9. The third-order valence-electron chi connectivity index (χ3n) is 2.83. The molecule has 0 radical (unpaired) electrons. The molecule has 1 aromatic rings. The Hall–Kier alpha value is -1.00. The first-order valence-electron chi connectivity index (χ1n) is 6.17. The van der Waals surface area contributed by atoms with E-state index in [-0.39, 0.29) is 11.9 Å². The van der Waals surface area contributed by atoms with Gasteiger partial charge in [0.2, 0.25) is 5.91 Å². The molecule has 18 heavy (non-hydrogen) atoms. The normalized spacial score (nSPS) is 12.2. The van der Waals surface area contributed by atoms with Crippen molar-refractivity contribution in [3.05, 3.63) is 35.4 Å². The van der Waals surface area contributed by atoms with Crippen LogP contribution in [0.5, 0.6) is 0 Å². The van der Waals surface area contributed by atoms with E-state index in [4.69, 9.17) is 0 Å². The first-order valence-corrected chi connectivity index (χ1v) is 7.56. The molecule has 0 aliphatic rings. The maximum Gasteiger partial charge on any atom is 0.237 e. The van der Waals surface area contributed by atoms with E-state index in [9.17, 15) is 4.79 Å². The molecule has 2 N–H and O–H groups in total. The largest absolute Gasteiger partial charge is 0.354 e. The van der Waals surface area contributed by atoms with Gasteiger partial charge in [-0.3, -0.25) is 4.79 Å². The highest BCUT2D eigenvalue weighted by atomic mass is 32.2. The molecule has 0 saturated carbocycles. The van der Waals surface area contributed by atoms with Crippen LogP contribution in [-0.4, -0.2) is 37.6 Å². The summed E-state index contributed by atoms with van der Waals surface area (Å²) in [7, 11) is 1.83. The number of nitrogens with one attached hydrogen (secondary N) is 2. The number of thioether (sulfide) groups is 1. The molecule has 0 saturated heterocycles. The number of rotatable bonds is 7. The van der Waals surface area contributed by atoms with Crippen LogP contribution >= 0.6 is 11.8 Å². The second-order valence-corrected chi connectivity index (χ2v) is 5.30. The van der Waals surface area contributed by atoms with E-state index < -0.39 is 0 Å². The number of hydrogen-bond donors (Lipinski definition) is 2. The van der Waals surface area contributed by atoms with Crippen molar-refractivity contribution < 1.29 is 4.79 Å². The fourth-order valence-electron chi connectivity index (χ4n) is 1.69. The number of hydrogen-bond acceptors (Lipinski definition) is 3. The highest BCUT2D eigenvalue weighted by molar-refractivity contribution is 7.98. The summed E-state index contributed by atoms with van der Waals surface area (Å²) in [5.74, 6) is 1.03. The molecule has 1 amide bonds. The van der Waals surface area contributed by atoms with Crippen molar-refractivity contribution in [2.45, 2.75) is 19.4 Å². The van der Waals surface area contributed by atoms with E-state index in [0.717, 1.165) is 18.7 Å². The van der Waals surface area contributed by atoms with Crippen molar-refractivity contribution >= 4 is 17.7 Å². The summed E-state index contributed by atoms with van der Waals surface area (Å²) in [6.45, 7) is 2.79. The van der Waals surface area contributed by atoms with Gasteiger partial charge in [0.15, 0.2) is 0 Å². The molecular formula is C14H22N2OS. The molecular weight excluding hydrogens is 244 g/mol. The SMILES string of the molecule is CN[C@@H](Cc1ccc(C)cc1)C(=O)NCCSC. The molecule has 0 bridgehead atoms. The van der Waals surface area contributed by atoms with Crippen LogP contribution in [0.1, 0.15) is 11.1 Å². The van der Waals surface area contributed by atoms with E-state index in [2.05, 4.69) is 41.8 Å². The molecule has 0 aliphatic carbocycles. The summed E-state index contributed by atoms with van der Waals surface area (Å²) in [5.41, 5.74) is 2.42. The molecule has 0 spiro atoms. The van der Waals surface area contributed by atoms with Gasteiger partial charge in [-0.1, -0.05) is 29.8 Å². The minimum atomic E-state index is -0.158. The average Bonchev–Trinajstić information content (AvgIpc) is 2.38. The first-order chi connectivity index (χ1) is 8.67. The predicted octanol–water partition coefficient (Wildman–Crippen LogP) is 1.60. The Bertz CT molecular complexity index is 365. The molecule has 1 aromatic carbocycles. The van der Waals surface area contributed by atoms with Crippen LogP contribution in [0.3, 0.4) is 0 Å². The van der Waals surface area contributed by atoms with Gasteiger partial charge in [-0.05, 0) is 32.2 Å². The van der Waals surface area contributed by atoms with Crippen molar-refractivity contribution in [3.8, 4) is 0 Å². The zero-order chi connectivity index (χ0) is 13.4. The number of carbonyl (C=O) groups is 1. The summed E-state index contributed by atoms with van der Waals surface area (Å²) >= 11 is 1.73. The molecule has 4 heteroatoms. The lowest BCUT2D eigenvalue weighted by atomic mass is 10.0. The van der Waals surface area contributed by atoms with Gasteiger partial charge in [-0.2, -0.15) is 11.8 Å². The molecule has 0 unspecified atom stereocenters. The summed E-state index contributed by atoms with van der Waals surface area (Å²) in [6, 6.07) is 8.15. The maximum atomic E-state index is 11.9. The summed E-state index contributed by atoms with van der Waals surface area (Å²) < 4.78 is 0. The molecule has 0 fully saturated rings. The molecule has 0 aromatic heterocycles. The van der Waals surface area contributed by atoms with Crippen molar-refractivity contribution in [1.29, 1.82) is 0 Å². The molecule has 3 nitrogen and oxygen atoms in total. The number of amides is 1. The Morgan fingerprint density at radius 1 is 1.33 bits per heavy atom. The third-order valence-corrected chi connectivity index (χ3v) is 3.44. The second kappa shape index (κ2) is 8.16. The number of carbonyl (C=O) groups excluding carboxylic acids is 1. The number of likely N-dealkylation sites (N-methyl/N-ethyl adjacent to an activating group) is 1. The fraction of sp³-hybridized carbons (Fsp3) is 0.500. The van der Waals surface area contributed by atoms with Crippen molar-refractivity contribution in [3.63, 3.8) is 0 Å². The first kappa shape index (κ1) is 15.1. The lowest BCUT2D eigenvalue weighted by Crippen LogP contribution is -2.44. The Kier molecular flexibility index (Phi) is 6.83. The van der Waals surface area contributed by atoms with Crippen LogP contribution in [-0.2, 0) is 11.2 Å². The standard InChI is InChI=1S/C14H22N2OS/c1-11-4-6-12(7-5-11)10-13(15-2)14(17)16-8-9-18-3/h4-7,13,15H,8-10H2,1-3H3,(H,16,17)/t13-/m0/s1. The van der Waals surface area contributed by atoms with Gasteiger partial charge < -0.3 is 10.6 Å². The molecule has 1 atom stereocenters. The lowest BCUT2D eigenvalue weighted by Gasteiger charge is -2.16. The van der Waals surface area contributed by atoms with Gasteiger partial charge in [0.1, 0.15) is 0 Å². The van der Waals surface area contributed by atoms with E-state index >= 15 is 0 Å². The smallest absolute Gasteiger partial charge is 0.237 e. The summed E-state index contributed by atoms with van der Waals surface area (Å²) in [4.78, 5) is 11.9. The van der Waals surface area contributed by atoms with Crippen molar-refractivity contribution in [2.24, 2.45) is 0 Å². The summed E-state index contributed by atoms with van der Waals surface area (Å²) in [5, 5.41) is 6.02. The van der Waals surface area contributed by atoms with Gasteiger partial charge >= 0.3 is 0 Å². The van der Waals surface area contributed by atoms with E-state index in [1.807, 2.05) is 13.3 Å². The zero-order valence-corrected chi connectivity index (χ0v) is 12.1. The van der Waals surface area contributed by atoms with E-state index in [0.29, 0.717) is 0 Å². The van der Waals surface area contributed by atoms with E-state index in [1.165, 1.54) is 11.1 Å². The Morgan fingerprint density at radius 2 is 2.00 bits per heavy atom. The quantitative estimate of drug-likeness (QED) is 0.737. The van der Waals surface area contributed by atoms with Gasteiger partial charge in [0.25, 0.3) is 0 Å². The monoisotopic (exact) mass is 266 g/mol. The average molecular weight is 266 g/mol. The predicted molar refractivity (Wildman–Crippen MR) is 79.1 cm³/mol. The van der Waals surface area contributed by atoms with Gasteiger partial charge in [-0.15, -0.1) is 0 Å². The number of aryl methyl sites for hydroxylation is 1. The van der Waals surface area contributed by atoms with E-state index in [1.54, 1.807) is 11.8 Å². The minimum absolute atomic E-state index is 0.0760. The zero-order valence-electron chi connectivity index (χ0n) is 11.3. The van der Waals surface area contributed by atoms with Crippen LogP contribution in [0.15, 0.2) is 24.3 Å². The molecule has 1 rings (SSSR count). The van der Waals surface area contributed by atoms with Gasteiger partial charge in [-0.25, -0.2) is 0 Å². The molecule has 0 heterocycles. The van der Waals surface area contributed by atoms with Crippen LogP contribution in [0, 0.1) is 6.92 Å². The highest BCUT2D eigenvalue weighted by Gasteiger charge is 2.15. The van der Waals surface area contributed by atoms with Gasteiger partial charge in [0, 0.05) is 12.3 Å². The second-order valence-electron chi connectivity index (χ2n) is 4.31. The summed E-state index contributed by atoms with van der Waals surface area (Å²) in [6.07, 6.45) is 2.76. The minimum Gasteiger partial charge on any atom is -0.354 e. The highest BCUT2D eigenvalue weighted by Crippen LogP contribution is 2.06. The van der Waals surface area contributed by atoms with Crippen LogP contribution < -0.4 is 10.6 Å². The Balaban J connectivity index is 2.50. The lowest BCUT2D eigenvalue weighted by molar-refractivity contribution is -0.122. The fourth-order valence-corrected chi connectivity index (χ4v) is 1.99. The molecule has 100 valence electrons. The van der Waals surface area contributed by atoms with Crippen LogP contribution in [0.4, 0.5) is 0 Å². The number of benzene rings is 1.